The molecule has 3 heteroatoms. The van der Waals surface area contributed by atoms with Gasteiger partial charge in [0.25, 0.3) is 0 Å². The Balaban J connectivity index is 2.25. The molecule has 0 radical (unpaired) electrons. The number of carbonyl (C=O) groups is 1. The molecule has 0 saturated carbocycles. The van der Waals surface area contributed by atoms with Gasteiger partial charge < -0.3 is 11.1 Å². The second-order valence-electron chi connectivity index (χ2n) is 5.67. The first kappa shape index (κ1) is 16.2. The number of hydrogen-bond acceptors (Lipinski definition) is 2. The van der Waals surface area contributed by atoms with E-state index in [1.165, 1.54) is 0 Å². The third-order valence-corrected chi connectivity index (χ3v) is 4.11. The summed E-state index contributed by atoms with van der Waals surface area (Å²) in [5, 5.41) is 3.10. The minimum Gasteiger partial charge on any atom is -0.344 e. The van der Waals surface area contributed by atoms with Crippen molar-refractivity contribution in [3.63, 3.8) is 0 Å². The Morgan fingerprint density at radius 3 is 1.86 bits per heavy atom. The summed E-state index contributed by atoms with van der Waals surface area (Å²) in [5.74, 6) is 0.0549. The van der Waals surface area contributed by atoms with Crippen molar-refractivity contribution in [2.75, 3.05) is 0 Å². The molecular weight excluding hydrogens is 272 g/mol. The first-order valence-electron chi connectivity index (χ1n) is 7.79. The minimum absolute atomic E-state index is 0.105. The highest BCUT2D eigenvalue weighted by Crippen LogP contribution is 2.22. The summed E-state index contributed by atoms with van der Waals surface area (Å²) in [4.78, 5) is 12.5. The van der Waals surface area contributed by atoms with Crippen molar-refractivity contribution < 1.29 is 4.79 Å². The lowest BCUT2D eigenvalue weighted by atomic mass is 9.96. The van der Waals surface area contributed by atoms with E-state index in [0.717, 1.165) is 17.5 Å². The molecule has 0 saturated heterocycles. The standard InChI is InChI=1S/C19H24N2O/c1-3-14(2)17(20)19(22)21-18(15-10-6-4-7-11-15)16-12-8-5-9-13-16/h4-14,17-18H,3,20H2,1-2H3,(H,21,22)/t14-,17-/m0/s1. The molecular formula is C19H24N2O. The Morgan fingerprint density at radius 1 is 1.00 bits per heavy atom. The van der Waals surface area contributed by atoms with Crippen LogP contribution in [0, 0.1) is 5.92 Å². The molecule has 0 aromatic heterocycles. The smallest absolute Gasteiger partial charge is 0.237 e. The molecule has 0 heterocycles. The van der Waals surface area contributed by atoms with Crippen LogP contribution >= 0.6 is 0 Å². The summed E-state index contributed by atoms with van der Waals surface area (Å²) in [6.45, 7) is 4.05. The van der Waals surface area contributed by atoms with Crippen molar-refractivity contribution in [1.29, 1.82) is 0 Å². The summed E-state index contributed by atoms with van der Waals surface area (Å²) in [5.41, 5.74) is 8.17. The monoisotopic (exact) mass is 296 g/mol. The number of hydrogen-bond donors (Lipinski definition) is 2. The highest BCUT2D eigenvalue weighted by Gasteiger charge is 2.23. The third kappa shape index (κ3) is 3.95. The molecule has 116 valence electrons. The number of nitrogens with one attached hydrogen (secondary N) is 1. The van der Waals surface area contributed by atoms with Gasteiger partial charge >= 0.3 is 0 Å². The number of nitrogens with two attached hydrogens (primary N) is 1. The predicted molar refractivity (Wildman–Crippen MR) is 90.3 cm³/mol. The molecule has 0 spiro atoms. The van der Waals surface area contributed by atoms with Crippen molar-refractivity contribution in [3.05, 3.63) is 71.8 Å². The highest BCUT2D eigenvalue weighted by atomic mass is 16.2. The van der Waals surface area contributed by atoms with Gasteiger partial charge in [-0.3, -0.25) is 4.79 Å². The fourth-order valence-corrected chi connectivity index (χ4v) is 2.40. The molecule has 2 rings (SSSR count). The van der Waals surface area contributed by atoms with Crippen LogP contribution in [0.4, 0.5) is 0 Å². The zero-order chi connectivity index (χ0) is 15.9. The SMILES string of the molecule is CC[C@H](C)[C@H](N)C(=O)NC(c1ccccc1)c1ccccc1. The fraction of sp³-hybridized carbons (Fsp3) is 0.316. The first-order valence-corrected chi connectivity index (χ1v) is 7.79. The maximum absolute atomic E-state index is 12.5. The van der Waals surface area contributed by atoms with E-state index in [-0.39, 0.29) is 17.9 Å². The lowest BCUT2D eigenvalue weighted by Gasteiger charge is -2.24. The van der Waals surface area contributed by atoms with Crippen LogP contribution in [0.3, 0.4) is 0 Å². The molecule has 2 aromatic carbocycles. The number of benzene rings is 2. The number of amides is 1. The fourth-order valence-electron chi connectivity index (χ4n) is 2.40. The molecule has 2 atom stereocenters. The van der Waals surface area contributed by atoms with E-state index < -0.39 is 6.04 Å². The van der Waals surface area contributed by atoms with Gasteiger partial charge in [0.15, 0.2) is 0 Å². The van der Waals surface area contributed by atoms with Gasteiger partial charge in [0.2, 0.25) is 5.91 Å². The van der Waals surface area contributed by atoms with Gasteiger partial charge in [0.05, 0.1) is 12.1 Å². The lowest BCUT2D eigenvalue weighted by Crippen LogP contribution is -2.46. The molecule has 1 amide bonds. The molecule has 22 heavy (non-hydrogen) atoms. The van der Waals surface area contributed by atoms with Crippen LogP contribution in [0.2, 0.25) is 0 Å². The molecule has 0 bridgehead atoms. The topological polar surface area (TPSA) is 55.1 Å². The molecule has 0 aliphatic carbocycles. The van der Waals surface area contributed by atoms with Crippen molar-refractivity contribution in [2.24, 2.45) is 11.7 Å². The van der Waals surface area contributed by atoms with E-state index in [1.54, 1.807) is 0 Å². The number of rotatable bonds is 6. The normalized spacial score (nSPS) is 13.6. The van der Waals surface area contributed by atoms with Crippen LogP contribution < -0.4 is 11.1 Å². The Labute approximate surface area is 132 Å². The van der Waals surface area contributed by atoms with Crippen molar-refractivity contribution in [1.82, 2.24) is 5.32 Å². The molecule has 2 aromatic rings. The van der Waals surface area contributed by atoms with Crippen LogP contribution in [0.25, 0.3) is 0 Å². The van der Waals surface area contributed by atoms with Crippen LogP contribution in [0.5, 0.6) is 0 Å². The van der Waals surface area contributed by atoms with E-state index >= 15 is 0 Å². The Kier molecular flexibility index (Phi) is 5.73. The first-order chi connectivity index (χ1) is 10.6. The molecule has 0 aliphatic rings. The van der Waals surface area contributed by atoms with Gasteiger partial charge in [-0.2, -0.15) is 0 Å². The van der Waals surface area contributed by atoms with E-state index in [4.69, 9.17) is 5.73 Å². The van der Waals surface area contributed by atoms with Crippen molar-refractivity contribution in [3.8, 4) is 0 Å². The van der Waals surface area contributed by atoms with Gasteiger partial charge in [-0.05, 0) is 17.0 Å². The average molecular weight is 296 g/mol. The van der Waals surface area contributed by atoms with Gasteiger partial charge in [0.1, 0.15) is 0 Å². The molecule has 3 nitrogen and oxygen atoms in total. The summed E-state index contributed by atoms with van der Waals surface area (Å²) in [6.07, 6.45) is 0.885. The predicted octanol–water partition coefficient (Wildman–Crippen LogP) is 3.27. The quantitative estimate of drug-likeness (QED) is 0.859. The Bertz CT molecular complexity index is 543. The van der Waals surface area contributed by atoms with Crippen LogP contribution in [-0.2, 0) is 4.79 Å². The van der Waals surface area contributed by atoms with Crippen LogP contribution in [0.1, 0.15) is 37.4 Å². The van der Waals surface area contributed by atoms with Gasteiger partial charge in [-0.1, -0.05) is 80.9 Å². The van der Waals surface area contributed by atoms with E-state index in [9.17, 15) is 4.79 Å². The summed E-state index contributed by atoms with van der Waals surface area (Å²) < 4.78 is 0. The second kappa shape index (κ2) is 7.76. The summed E-state index contributed by atoms with van der Waals surface area (Å²) in [7, 11) is 0. The lowest BCUT2D eigenvalue weighted by molar-refractivity contribution is -0.123. The summed E-state index contributed by atoms with van der Waals surface area (Å²) in [6, 6.07) is 19.3. The van der Waals surface area contributed by atoms with Gasteiger partial charge in [0, 0.05) is 0 Å². The number of carbonyl (C=O) groups excluding carboxylic acids is 1. The minimum atomic E-state index is -0.486. The van der Waals surface area contributed by atoms with E-state index in [0.29, 0.717) is 0 Å². The zero-order valence-corrected chi connectivity index (χ0v) is 13.2. The van der Waals surface area contributed by atoms with Crippen molar-refractivity contribution >= 4 is 5.91 Å². The molecule has 0 aliphatic heterocycles. The zero-order valence-electron chi connectivity index (χ0n) is 13.2. The van der Waals surface area contributed by atoms with Gasteiger partial charge in [-0.25, -0.2) is 0 Å². The molecule has 0 unspecified atom stereocenters. The molecule has 0 fully saturated rings. The van der Waals surface area contributed by atoms with Crippen LogP contribution in [0.15, 0.2) is 60.7 Å². The molecule has 3 N–H and O–H groups in total. The van der Waals surface area contributed by atoms with Crippen LogP contribution in [-0.4, -0.2) is 11.9 Å². The second-order valence-corrected chi connectivity index (χ2v) is 5.67. The third-order valence-electron chi connectivity index (χ3n) is 4.11. The van der Waals surface area contributed by atoms with E-state index in [2.05, 4.69) is 5.32 Å². The van der Waals surface area contributed by atoms with Gasteiger partial charge in [-0.15, -0.1) is 0 Å². The largest absolute Gasteiger partial charge is 0.344 e. The van der Waals surface area contributed by atoms with Crippen molar-refractivity contribution in [2.45, 2.75) is 32.4 Å². The Morgan fingerprint density at radius 2 is 1.45 bits per heavy atom. The average Bonchev–Trinajstić information content (AvgIpc) is 2.59. The maximum Gasteiger partial charge on any atom is 0.237 e. The maximum atomic E-state index is 12.5. The Hall–Kier alpha value is -2.13. The summed E-state index contributed by atoms with van der Waals surface area (Å²) >= 11 is 0. The van der Waals surface area contributed by atoms with E-state index in [1.807, 2.05) is 74.5 Å². The highest BCUT2D eigenvalue weighted by molar-refractivity contribution is 5.82.